The molecule has 0 aliphatic carbocycles. The molecule has 1 rings (SSSR count). The molecule has 0 aromatic heterocycles. The van der Waals surface area contributed by atoms with E-state index >= 15 is 0 Å². The lowest BCUT2D eigenvalue weighted by Gasteiger charge is -2.18. The fourth-order valence-corrected chi connectivity index (χ4v) is 1.72. The van der Waals surface area contributed by atoms with Crippen LogP contribution in [0, 0.1) is 0 Å². The summed E-state index contributed by atoms with van der Waals surface area (Å²) in [5, 5.41) is 18.3. The summed E-state index contributed by atoms with van der Waals surface area (Å²) in [7, 11) is 0. The minimum atomic E-state index is -0.354. The summed E-state index contributed by atoms with van der Waals surface area (Å²) in [6, 6.07) is 0. The Hall–Kier alpha value is -0.320. The van der Waals surface area contributed by atoms with E-state index in [4.69, 9.17) is 38.6 Å². The SMILES string of the molecule is OCC1COCCOCCOC(CO)COCCOCCO1. The second kappa shape index (κ2) is 14.3. The lowest BCUT2D eigenvalue weighted by molar-refractivity contribution is -0.0880. The van der Waals surface area contributed by atoms with E-state index in [1.165, 1.54) is 0 Å². The van der Waals surface area contributed by atoms with E-state index in [1.807, 2.05) is 0 Å². The zero-order chi connectivity index (χ0) is 15.9. The third-order valence-electron chi connectivity index (χ3n) is 2.92. The predicted molar refractivity (Wildman–Crippen MR) is 76.9 cm³/mol. The molecule has 8 nitrogen and oxygen atoms in total. The molecule has 0 saturated carbocycles. The van der Waals surface area contributed by atoms with E-state index in [-0.39, 0.29) is 25.4 Å². The van der Waals surface area contributed by atoms with E-state index in [1.54, 1.807) is 0 Å². The minimum absolute atomic E-state index is 0.0969. The molecule has 132 valence electrons. The number of ether oxygens (including phenoxy) is 6. The van der Waals surface area contributed by atoms with Gasteiger partial charge in [-0.15, -0.1) is 0 Å². The molecule has 22 heavy (non-hydrogen) atoms. The van der Waals surface area contributed by atoms with Gasteiger partial charge in [-0.2, -0.15) is 0 Å². The maximum atomic E-state index is 9.16. The van der Waals surface area contributed by atoms with Crippen LogP contribution in [-0.4, -0.2) is 102 Å². The van der Waals surface area contributed by atoms with Crippen LogP contribution >= 0.6 is 0 Å². The first-order valence-corrected chi connectivity index (χ1v) is 7.62. The number of aliphatic hydroxyl groups is 2. The van der Waals surface area contributed by atoms with E-state index in [0.29, 0.717) is 66.1 Å². The highest BCUT2D eigenvalue weighted by Gasteiger charge is 2.09. The van der Waals surface area contributed by atoms with Crippen molar-refractivity contribution >= 4 is 0 Å². The fourth-order valence-electron chi connectivity index (χ4n) is 1.72. The highest BCUT2D eigenvalue weighted by atomic mass is 16.6. The first-order valence-electron chi connectivity index (χ1n) is 7.62. The standard InChI is InChI=1S/C14H28O8/c15-9-13-11-19-3-1-17-5-7-21-14(10-16)12-20-4-2-18-6-8-22-13/h13-16H,1-12H2. The molecule has 2 atom stereocenters. The van der Waals surface area contributed by atoms with Gasteiger partial charge >= 0.3 is 0 Å². The Kier molecular flexibility index (Phi) is 12.8. The molecule has 0 amide bonds. The molecule has 0 radical (unpaired) electrons. The first kappa shape index (κ1) is 19.7. The summed E-state index contributed by atoms with van der Waals surface area (Å²) in [6.07, 6.45) is -0.709. The lowest BCUT2D eigenvalue weighted by Crippen LogP contribution is -2.28. The molecule has 1 aliphatic rings. The summed E-state index contributed by atoms with van der Waals surface area (Å²) in [5.74, 6) is 0. The molecule has 1 saturated heterocycles. The number of rotatable bonds is 2. The molecule has 1 aliphatic heterocycles. The summed E-state index contributed by atoms with van der Waals surface area (Å²) in [4.78, 5) is 0. The Morgan fingerprint density at radius 3 is 1.32 bits per heavy atom. The van der Waals surface area contributed by atoms with Crippen molar-refractivity contribution in [3.63, 3.8) is 0 Å². The maximum absolute atomic E-state index is 9.16. The van der Waals surface area contributed by atoms with Crippen LogP contribution < -0.4 is 0 Å². The normalized spacial score (nSPS) is 28.6. The highest BCUT2D eigenvalue weighted by Crippen LogP contribution is 1.96. The molecule has 0 spiro atoms. The summed E-state index contributed by atoms with van der Waals surface area (Å²) in [5.41, 5.74) is 0. The Morgan fingerprint density at radius 2 is 0.909 bits per heavy atom. The molecular weight excluding hydrogens is 296 g/mol. The van der Waals surface area contributed by atoms with Crippen molar-refractivity contribution in [1.82, 2.24) is 0 Å². The van der Waals surface area contributed by atoms with Gasteiger partial charge in [0.2, 0.25) is 0 Å². The summed E-state index contributed by atoms with van der Waals surface area (Å²) >= 11 is 0. The average molecular weight is 324 g/mol. The van der Waals surface area contributed by atoms with Crippen molar-refractivity contribution in [2.45, 2.75) is 12.2 Å². The zero-order valence-corrected chi connectivity index (χ0v) is 13.0. The lowest BCUT2D eigenvalue weighted by atomic mass is 10.4. The molecule has 0 bridgehead atoms. The third-order valence-corrected chi connectivity index (χ3v) is 2.92. The van der Waals surface area contributed by atoms with E-state index in [2.05, 4.69) is 0 Å². The number of hydrogen-bond donors (Lipinski definition) is 2. The predicted octanol–water partition coefficient (Wildman–Crippen LogP) is -1.18. The van der Waals surface area contributed by atoms with Gasteiger partial charge in [0.1, 0.15) is 12.2 Å². The zero-order valence-electron chi connectivity index (χ0n) is 13.0. The monoisotopic (exact) mass is 324 g/mol. The van der Waals surface area contributed by atoms with Gasteiger partial charge < -0.3 is 38.6 Å². The number of hydrogen-bond acceptors (Lipinski definition) is 8. The van der Waals surface area contributed by atoms with Crippen LogP contribution in [0.3, 0.4) is 0 Å². The largest absolute Gasteiger partial charge is 0.394 e. The Morgan fingerprint density at radius 1 is 0.545 bits per heavy atom. The van der Waals surface area contributed by atoms with Crippen LogP contribution in [0.25, 0.3) is 0 Å². The summed E-state index contributed by atoms with van der Waals surface area (Å²) in [6.45, 7) is 3.74. The van der Waals surface area contributed by atoms with Gasteiger partial charge in [-0.1, -0.05) is 0 Å². The number of aliphatic hydroxyl groups excluding tert-OH is 2. The Labute approximate surface area is 131 Å². The van der Waals surface area contributed by atoms with Gasteiger partial charge in [0.25, 0.3) is 0 Å². The molecule has 2 unspecified atom stereocenters. The smallest absolute Gasteiger partial charge is 0.104 e. The van der Waals surface area contributed by atoms with Gasteiger partial charge in [-0.3, -0.25) is 0 Å². The highest BCUT2D eigenvalue weighted by molar-refractivity contribution is 4.55. The quantitative estimate of drug-likeness (QED) is 0.655. The molecule has 1 heterocycles. The molecule has 2 N–H and O–H groups in total. The van der Waals surface area contributed by atoms with Gasteiger partial charge in [-0.25, -0.2) is 0 Å². The van der Waals surface area contributed by atoms with Crippen LogP contribution in [0.2, 0.25) is 0 Å². The van der Waals surface area contributed by atoms with Crippen molar-refractivity contribution in [1.29, 1.82) is 0 Å². The van der Waals surface area contributed by atoms with E-state index < -0.39 is 0 Å². The fraction of sp³-hybridized carbons (Fsp3) is 1.00. The van der Waals surface area contributed by atoms with Crippen molar-refractivity contribution in [3.05, 3.63) is 0 Å². The van der Waals surface area contributed by atoms with Crippen molar-refractivity contribution in [2.75, 3.05) is 79.3 Å². The van der Waals surface area contributed by atoms with E-state index in [9.17, 15) is 0 Å². The average Bonchev–Trinajstić information content (AvgIpc) is 2.54. The molecule has 1 fully saturated rings. The Bertz CT molecular complexity index is 197. The van der Waals surface area contributed by atoms with Crippen molar-refractivity contribution in [2.24, 2.45) is 0 Å². The van der Waals surface area contributed by atoms with Crippen LogP contribution in [0.5, 0.6) is 0 Å². The van der Waals surface area contributed by atoms with Crippen LogP contribution in [-0.2, 0) is 28.4 Å². The van der Waals surface area contributed by atoms with Crippen LogP contribution in [0.15, 0.2) is 0 Å². The van der Waals surface area contributed by atoms with Crippen molar-refractivity contribution < 1.29 is 38.6 Å². The van der Waals surface area contributed by atoms with Crippen LogP contribution in [0.1, 0.15) is 0 Å². The maximum Gasteiger partial charge on any atom is 0.104 e. The topological polar surface area (TPSA) is 95.8 Å². The molecule has 8 heteroatoms. The van der Waals surface area contributed by atoms with Gasteiger partial charge in [0, 0.05) is 0 Å². The summed E-state index contributed by atoms with van der Waals surface area (Å²) < 4.78 is 32.3. The van der Waals surface area contributed by atoms with Gasteiger partial charge in [0.15, 0.2) is 0 Å². The van der Waals surface area contributed by atoms with Crippen LogP contribution in [0.4, 0.5) is 0 Å². The molecule has 0 aromatic rings. The second-order valence-corrected chi connectivity index (χ2v) is 4.73. The Balaban J connectivity index is 2.25. The third kappa shape index (κ3) is 10.4. The van der Waals surface area contributed by atoms with Gasteiger partial charge in [-0.05, 0) is 0 Å². The first-order chi connectivity index (χ1) is 10.9. The van der Waals surface area contributed by atoms with Gasteiger partial charge in [0.05, 0.1) is 79.3 Å². The van der Waals surface area contributed by atoms with Crippen molar-refractivity contribution in [3.8, 4) is 0 Å². The van der Waals surface area contributed by atoms with E-state index in [0.717, 1.165) is 0 Å². The second-order valence-electron chi connectivity index (χ2n) is 4.73. The minimum Gasteiger partial charge on any atom is -0.394 e. The molecule has 0 aromatic carbocycles. The molecular formula is C14H28O8.